The molecule has 0 aliphatic carbocycles. The van der Waals surface area contributed by atoms with Gasteiger partial charge in [0.2, 0.25) is 0 Å². The summed E-state index contributed by atoms with van der Waals surface area (Å²) in [5, 5.41) is 0. The fourth-order valence-corrected chi connectivity index (χ4v) is 8.09. The topological polar surface area (TPSA) is 81.8 Å². The average molecular weight is 1090 g/mol. The van der Waals surface area contributed by atoms with Crippen molar-refractivity contribution in [2.75, 3.05) is 48.8 Å². The molecule has 54 heavy (non-hydrogen) atoms. The molecule has 2 aromatic heterocycles. The summed E-state index contributed by atoms with van der Waals surface area (Å²) in [5.74, 6) is 5.10. The number of hydrogen-bond donors (Lipinski definition) is 0. The van der Waals surface area contributed by atoms with Crippen LogP contribution in [0.1, 0.15) is 50.7 Å². The second kappa shape index (κ2) is 19.1. The maximum Gasteiger partial charge on any atom is 0.145 e. The molecule has 0 amide bonds. The Morgan fingerprint density at radius 2 is 1.04 bits per heavy atom. The van der Waals surface area contributed by atoms with Crippen LogP contribution >= 0.6 is 77.0 Å². The molecule has 9 nitrogen and oxygen atoms in total. The summed E-state index contributed by atoms with van der Waals surface area (Å²) in [4.78, 5) is 9.97. The first-order chi connectivity index (χ1) is 25.9. The number of aromatic nitrogens is 4. The van der Waals surface area contributed by atoms with E-state index in [1.54, 1.807) is 35.5 Å². The van der Waals surface area contributed by atoms with Gasteiger partial charge in [-0.25, -0.2) is 9.97 Å². The van der Waals surface area contributed by atoms with Crippen LogP contribution in [0.5, 0.6) is 17.2 Å². The fourth-order valence-electron chi connectivity index (χ4n) is 6.24. The van der Waals surface area contributed by atoms with Crippen molar-refractivity contribution in [2.45, 2.75) is 52.6 Å². The Kier molecular flexibility index (Phi) is 15.1. The molecule has 0 bridgehead atoms. The monoisotopic (exact) mass is 1090 g/mol. The molecule has 288 valence electrons. The zero-order chi connectivity index (χ0) is 39.3. The van der Waals surface area contributed by atoms with Gasteiger partial charge in [-0.3, -0.25) is 0 Å². The number of hydrogen-bond acceptors (Lipinski definition) is 7. The van der Waals surface area contributed by atoms with Crippen LogP contribution in [0, 0.1) is 7.14 Å². The molecule has 6 aromatic rings. The molecule has 0 N–H and O–H groups in total. The predicted octanol–water partition coefficient (Wildman–Crippen LogP) is 11.7. The Balaban J connectivity index is 0.000000208. The van der Waals surface area contributed by atoms with Gasteiger partial charge in [0.05, 0.1) is 47.2 Å². The van der Waals surface area contributed by atoms with Crippen molar-refractivity contribution in [2.24, 2.45) is 0 Å². The fraction of sp³-hybridized carbons (Fsp3) is 0.366. The van der Waals surface area contributed by atoms with Crippen LogP contribution in [0.4, 0.5) is 0 Å². The van der Waals surface area contributed by atoms with E-state index in [2.05, 4.69) is 156 Å². The molecule has 0 atom stereocenters. The zero-order valence-electron chi connectivity index (χ0n) is 32.0. The summed E-state index contributed by atoms with van der Waals surface area (Å²) in [6.45, 7) is 11.3. The van der Waals surface area contributed by atoms with Crippen LogP contribution in [0.2, 0.25) is 0 Å². The lowest BCUT2D eigenvalue weighted by Gasteiger charge is -2.15. The SMILES string of the molecule is COCCn1c(-c2ccc(C(C)C)cc2)nc2c(I)c(Br)cc(OC)c21.COCCn1c(-c2ccc(C(C)C)cc2OC)nc2c(I)c(Br)cc(OC)c21. The Morgan fingerprint density at radius 1 is 0.593 bits per heavy atom. The Bertz CT molecular complexity index is 2240. The lowest BCUT2D eigenvalue weighted by atomic mass is 10.0. The van der Waals surface area contributed by atoms with Crippen LogP contribution < -0.4 is 14.2 Å². The van der Waals surface area contributed by atoms with E-state index >= 15 is 0 Å². The summed E-state index contributed by atoms with van der Waals surface area (Å²) in [5.41, 5.74) is 8.39. The van der Waals surface area contributed by atoms with Gasteiger partial charge in [0.25, 0.3) is 0 Å². The van der Waals surface area contributed by atoms with Gasteiger partial charge in [-0.2, -0.15) is 0 Å². The lowest BCUT2D eigenvalue weighted by Crippen LogP contribution is -2.07. The van der Waals surface area contributed by atoms with Gasteiger partial charge in [-0.05, 0) is 124 Å². The van der Waals surface area contributed by atoms with Gasteiger partial charge < -0.3 is 32.8 Å². The molecule has 0 fully saturated rings. The van der Waals surface area contributed by atoms with Gasteiger partial charge in [0.15, 0.2) is 0 Å². The smallest absolute Gasteiger partial charge is 0.145 e. The van der Waals surface area contributed by atoms with Gasteiger partial charge >= 0.3 is 0 Å². The van der Waals surface area contributed by atoms with Crippen molar-refractivity contribution in [3.05, 3.63) is 81.8 Å². The number of fused-ring (bicyclic) bond motifs is 2. The number of halogens is 4. The average Bonchev–Trinajstić information content (AvgIpc) is 3.75. The van der Waals surface area contributed by atoms with Crippen molar-refractivity contribution in [3.8, 4) is 40.0 Å². The van der Waals surface area contributed by atoms with Crippen molar-refractivity contribution < 1.29 is 23.7 Å². The van der Waals surface area contributed by atoms with Crippen LogP contribution in [-0.4, -0.2) is 67.9 Å². The third-order valence-electron chi connectivity index (χ3n) is 9.20. The van der Waals surface area contributed by atoms with Gasteiger partial charge in [0.1, 0.15) is 51.0 Å². The molecule has 2 heterocycles. The summed E-state index contributed by atoms with van der Waals surface area (Å²) >= 11 is 11.9. The molecule has 0 radical (unpaired) electrons. The second-order valence-corrected chi connectivity index (χ2v) is 17.1. The van der Waals surface area contributed by atoms with Gasteiger partial charge in [-0.15, -0.1) is 0 Å². The van der Waals surface area contributed by atoms with Crippen molar-refractivity contribution in [3.63, 3.8) is 0 Å². The highest BCUT2D eigenvalue weighted by Crippen LogP contribution is 2.41. The third kappa shape index (κ3) is 8.90. The van der Waals surface area contributed by atoms with E-state index in [4.69, 9.17) is 33.7 Å². The molecular weight excluding hydrogens is 1040 g/mol. The molecule has 0 unspecified atom stereocenters. The summed E-state index contributed by atoms with van der Waals surface area (Å²) in [6, 6.07) is 19.0. The first-order valence-corrected chi connectivity index (χ1v) is 21.3. The van der Waals surface area contributed by atoms with E-state index in [0.29, 0.717) is 38.1 Å². The van der Waals surface area contributed by atoms with E-state index in [0.717, 1.165) is 78.2 Å². The lowest BCUT2D eigenvalue weighted by molar-refractivity contribution is 0.188. The van der Waals surface area contributed by atoms with E-state index < -0.39 is 0 Å². The maximum atomic E-state index is 5.73. The quantitative estimate of drug-likeness (QED) is 0.107. The molecule has 6 rings (SSSR count). The van der Waals surface area contributed by atoms with E-state index in [9.17, 15) is 0 Å². The van der Waals surface area contributed by atoms with E-state index in [1.807, 2.05) is 12.1 Å². The minimum atomic E-state index is 0.423. The van der Waals surface area contributed by atoms with Crippen LogP contribution in [0.3, 0.4) is 0 Å². The highest BCUT2D eigenvalue weighted by molar-refractivity contribution is 14.1. The molecule has 13 heteroatoms. The van der Waals surface area contributed by atoms with Crippen molar-refractivity contribution in [1.29, 1.82) is 0 Å². The number of ether oxygens (including phenoxy) is 5. The number of benzene rings is 4. The highest BCUT2D eigenvalue weighted by Gasteiger charge is 2.23. The number of nitrogens with zero attached hydrogens (tertiary/aromatic N) is 4. The Hall–Kier alpha value is -2.44. The molecule has 0 saturated carbocycles. The first-order valence-electron chi connectivity index (χ1n) is 17.5. The minimum absolute atomic E-state index is 0.423. The predicted molar refractivity (Wildman–Crippen MR) is 243 cm³/mol. The van der Waals surface area contributed by atoms with Crippen LogP contribution in [0.25, 0.3) is 44.8 Å². The zero-order valence-corrected chi connectivity index (χ0v) is 39.5. The Labute approximate surface area is 362 Å². The molecule has 0 saturated heterocycles. The van der Waals surface area contributed by atoms with Crippen LogP contribution in [-0.2, 0) is 22.6 Å². The number of methoxy groups -OCH3 is 5. The summed E-state index contributed by atoms with van der Waals surface area (Å²) < 4.78 is 36.2. The van der Waals surface area contributed by atoms with Gasteiger partial charge in [0, 0.05) is 41.8 Å². The maximum absolute atomic E-state index is 5.73. The second-order valence-electron chi connectivity index (χ2n) is 13.2. The first kappa shape index (κ1) is 42.7. The largest absolute Gasteiger partial charge is 0.496 e. The summed E-state index contributed by atoms with van der Waals surface area (Å²) in [7, 11) is 8.49. The van der Waals surface area contributed by atoms with Crippen LogP contribution in [0.15, 0.2) is 63.5 Å². The number of imidazole rings is 2. The molecule has 4 aromatic carbocycles. The number of rotatable bonds is 13. The third-order valence-corrected chi connectivity index (χ3v) is 14.1. The highest BCUT2D eigenvalue weighted by atomic mass is 127. The van der Waals surface area contributed by atoms with Crippen molar-refractivity contribution in [1.82, 2.24) is 19.1 Å². The molecule has 0 spiro atoms. The molecule has 0 aliphatic heterocycles. The van der Waals surface area contributed by atoms with Crippen molar-refractivity contribution >= 4 is 99.1 Å². The normalized spacial score (nSPS) is 11.5. The summed E-state index contributed by atoms with van der Waals surface area (Å²) in [6.07, 6.45) is 0. The molecular formula is C41H46Br2I2N4O5. The minimum Gasteiger partial charge on any atom is -0.496 e. The standard InChI is InChI=1S/C21H24BrIN2O3.C20H22BrIN2O2/c1-12(2)13-6-7-14(16(10-13)27-4)21-24-19-18(23)15(22)11-17(28-5)20(19)25(21)8-9-26-3;1-12(2)13-5-7-14(8-6-13)20-23-18-17(22)15(21)11-16(26-4)19(18)24(20)9-10-25-3/h6-7,10-12H,8-9H2,1-5H3;5-8,11-12H,9-10H2,1-4H3. The van der Waals surface area contributed by atoms with E-state index in [1.165, 1.54) is 11.1 Å². The Morgan fingerprint density at radius 3 is 1.48 bits per heavy atom. The molecule has 0 aliphatic rings. The van der Waals surface area contributed by atoms with E-state index in [-0.39, 0.29) is 0 Å². The van der Waals surface area contributed by atoms with Gasteiger partial charge in [-0.1, -0.05) is 58.0 Å².